The molecular weight excluding hydrogens is 243 g/mol. The fourth-order valence-electron chi connectivity index (χ4n) is 0.793. The van der Waals surface area contributed by atoms with E-state index in [1.165, 1.54) is 0 Å². The minimum atomic E-state index is -1.24. The van der Waals surface area contributed by atoms with E-state index >= 15 is 0 Å². The molecule has 0 saturated heterocycles. The number of aromatic nitrogens is 1. The molecule has 2 N–H and O–H groups in total. The van der Waals surface area contributed by atoms with E-state index in [9.17, 15) is 9.18 Å². The fourth-order valence-corrected chi connectivity index (χ4v) is 1.17. The van der Waals surface area contributed by atoms with Gasteiger partial charge in [0.25, 0.3) is 0 Å². The van der Waals surface area contributed by atoms with Gasteiger partial charge in [-0.1, -0.05) is 0 Å². The van der Waals surface area contributed by atoms with Gasteiger partial charge in [0.15, 0.2) is 5.82 Å². The van der Waals surface area contributed by atoms with Crippen LogP contribution in [-0.4, -0.2) is 16.2 Å². The van der Waals surface area contributed by atoms with Crippen LogP contribution in [-0.2, 0) is 0 Å². The summed E-state index contributed by atoms with van der Waals surface area (Å²) in [6.45, 7) is 1.58. The van der Waals surface area contributed by atoms with E-state index in [0.717, 1.165) is 6.07 Å². The zero-order chi connectivity index (χ0) is 10.0. The van der Waals surface area contributed by atoms with Crippen molar-refractivity contribution in [3.8, 4) is 0 Å². The van der Waals surface area contributed by atoms with Crippen molar-refractivity contribution in [2.75, 3.05) is 5.32 Å². The molecule has 1 aromatic rings. The predicted molar refractivity (Wildman–Crippen MR) is 48.3 cm³/mol. The fraction of sp³-hybridized carbons (Fsp3) is 0.143. The van der Waals surface area contributed by atoms with E-state index < -0.39 is 11.9 Å². The van der Waals surface area contributed by atoms with Crippen molar-refractivity contribution in [3.63, 3.8) is 0 Å². The topological polar surface area (TPSA) is 62.2 Å². The molecule has 0 saturated carbocycles. The number of carboxylic acid groups (broad SMARTS) is 1. The van der Waals surface area contributed by atoms with Gasteiger partial charge in [-0.25, -0.2) is 14.2 Å². The molecule has 13 heavy (non-hydrogen) atoms. The average Bonchev–Trinajstić information content (AvgIpc) is 1.99. The van der Waals surface area contributed by atoms with Gasteiger partial charge in [0.2, 0.25) is 0 Å². The first kappa shape index (κ1) is 9.91. The van der Waals surface area contributed by atoms with Crippen LogP contribution in [0.15, 0.2) is 10.7 Å². The lowest BCUT2D eigenvalue weighted by Crippen LogP contribution is -2.09. The molecule has 4 nitrogen and oxygen atoms in total. The zero-order valence-corrected chi connectivity index (χ0v) is 8.22. The quantitative estimate of drug-likeness (QED) is 0.751. The van der Waals surface area contributed by atoms with Crippen LogP contribution < -0.4 is 5.32 Å². The molecule has 1 amide bonds. The van der Waals surface area contributed by atoms with Gasteiger partial charge in [-0.05, 0) is 22.9 Å². The Hall–Kier alpha value is -1.17. The molecule has 0 bridgehead atoms. The Kier molecular flexibility index (Phi) is 2.82. The molecule has 0 aliphatic heterocycles. The number of pyridine rings is 1. The van der Waals surface area contributed by atoms with Crippen molar-refractivity contribution in [2.45, 2.75) is 6.92 Å². The van der Waals surface area contributed by atoms with Gasteiger partial charge in [0.05, 0.1) is 11.4 Å². The lowest BCUT2D eigenvalue weighted by atomic mass is 10.3. The molecule has 0 aliphatic carbocycles. The number of aryl methyl sites for hydroxylation is 1. The van der Waals surface area contributed by atoms with Gasteiger partial charge < -0.3 is 5.11 Å². The summed E-state index contributed by atoms with van der Waals surface area (Å²) in [6.07, 6.45) is -1.24. The molecule has 6 heteroatoms. The van der Waals surface area contributed by atoms with E-state index in [2.05, 4.69) is 20.9 Å². The van der Waals surface area contributed by atoms with Crippen LogP contribution in [0.4, 0.5) is 14.9 Å². The Morgan fingerprint density at radius 3 is 2.92 bits per heavy atom. The maximum atomic E-state index is 12.9. The number of carbonyl (C=O) groups is 1. The van der Waals surface area contributed by atoms with Crippen molar-refractivity contribution < 1.29 is 14.3 Å². The summed E-state index contributed by atoms with van der Waals surface area (Å²) in [5, 5.41) is 10.4. The van der Waals surface area contributed by atoms with E-state index in [4.69, 9.17) is 5.11 Å². The van der Waals surface area contributed by atoms with E-state index in [-0.39, 0.29) is 10.3 Å². The Morgan fingerprint density at radius 1 is 1.77 bits per heavy atom. The average molecular weight is 249 g/mol. The van der Waals surface area contributed by atoms with Gasteiger partial charge in [-0.2, -0.15) is 0 Å². The molecule has 1 rings (SSSR count). The first-order valence-corrected chi connectivity index (χ1v) is 4.12. The maximum Gasteiger partial charge on any atom is 0.409 e. The summed E-state index contributed by atoms with van der Waals surface area (Å²) in [4.78, 5) is 14.0. The van der Waals surface area contributed by atoms with Crippen molar-refractivity contribution in [1.82, 2.24) is 4.98 Å². The van der Waals surface area contributed by atoms with Crippen LogP contribution in [0.5, 0.6) is 0 Å². The molecule has 70 valence electrons. The number of hydrogen-bond acceptors (Lipinski definition) is 2. The van der Waals surface area contributed by atoms with Gasteiger partial charge >= 0.3 is 6.09 Å². The lowest BCUT2D eigenvalue weighted by Gasteiger charge is -2.04. The second-order valence-corrected chi connectivity index (χ2v) is 3.08. The monoisotopic (exact) mass is 248 g/mol. The third-order valence-corrected chi connectivity index (χ3v) is 1.92. The van der Waals surface area contributed by atoms with Gasteiger partial charge in [0, 0.05) is 6.07 Å². The number of nitrogens with zero attached hydrogens (tertiary/aromatic N) is 1. The molecule has 0 radical (unpaired) electrons. The Bertz CT molecular complexity index is 357. The van der Waals surface area contributed by atoms with E-state index in [1.807, 2.05) is 5.32 Å². The number of halogens is 2. The smallest absolute Gasteiger partial charge is 0.409 e. The highest BCUT2D eigenvalue weighted by Crippen LogP contribution is 2.19. The van der Waals surface area contributed by atoms with Crippen LogP contribution in [0.1, 0.15) is 5.69 Å². The van der Waals surface area contributed by atoms with Crippen LogP contribution in [0.3, 0.4) is 0 Å². The summed E-state index contributed by atoms with van der Waals surface area (Å²) in [7, 11) is 0. The lowest BCUT2D eigenvalue weighted by molar-refractivity contribution is 0.209. The first-order chi connectivity index (χ1) is 6.00. The van der Waals surface area contributed by atoms with E-state index in [0.29, 0.717) is 5.69 Å². The van der Waals surface area contributed by atoms with Gasteiger partial charge in [0.1, 0.15) is 4.60 Å². The number of amides is 1. The first-order valence-electron chi connectivity index (χ1n) is 3.33. The van der Waals surface area contributed by atoms with Crippen molar-refractivity contribution in [2.24, 2.45) is 0 Å². The van der Waals surface area contributed by atoms with Gasteiger partial charge in [-0.3, -0.25) is 5.32 Å². The maximum absolute atomic E-state index is 12.9. The molecule has 1 heterocycles. The summed E-state index contributed by atoms with van der Waals surface area (Å²) in [5.74, 6) is -0.602. The van der Waals surface area contributed by atoms with Crippen LogP contribution >= 0.6 is 15.9 Å². The van der Waals surface area contributed by atoms with Crippen LogP contribution in [0, 0.1) is 12.7 Å². The molecular formula is C7H6BrFN2O2. The van der Waals surface area contributed by atoms with Crippen LogP contribution in [0.2, 0.25) is 0 Å². The molecule has 1 aromatic heterocycles. The highest BCUT2D eigenvalue weighted by Gasteiger charge is 2.08. The third-order valence-electron chi connectivity index (χ3n) is 1.37. The van der Waals surface area contributed by atoms with Crippen molar-refractivity contribution in [3.05, 3.63) is 22.2 Å². The van der Waals surface area contributed by atoms with Crippen molar-refractivity contribution >= 4 is 27.7 Å². The minimum Gasteiger partial charge on any atom is -0.465 e. The van der Waals surface area contributed by atoms with E-state index in [1.54, 1.807) is 6.92 Å². The SMILES string of the molecule is Cc1nc(Br)c(F)cc1NC(=O)O. The van der Waals surface area contributed by atoms with Crippen LogP contribution in [0.25, 0.3) is 0 Å². The number of anilines is 1. The Morgan fingerprint density at radius 2 is 2.38 bits per heavy atom. The molecule has 0 aromatic carbocycles. The predicted octanol–water partition coefficient (Wildman–Crippen LogP) is 2.38. The minimum absolute atomic E-state index is 0.0703. The normalized spacial score (nSPS) is 9.77. The van der Waals surface area contributed by atoms with Crippen molar-refractivity contribution in [1.29, 1.82) is 0 Å². The summed E-state index contributed by atoms with van der Waals surface area (Å²) in [5.41, 5.74) is 0.559. The highest BCUT2D eigenvalue weighted by atomic mass is 79.9. The standard InChI is InChI=1S/C7H6BrFN2O2/c1-3-5(11-7(12)13)2-4(9)6(8)10-3/h2,11H,1H3,(H,12,13). The summed E-state index contributed by atoms with van der Waals surface area (Å²) < 4.78 is 12.9. The summed E-state index contributed by atoms with van der Waals surface area (Å²) in [6, 6.07) is 1.07. The third kappa shape index (κ3) is 2.38. The molecule has 0 spiro atoms. The molecule has 0 atom stereocenters. The second kappa shape index (κ2) is 3.69. The summed E-state index contributed by atoms with van der Waals surface area (Å²) >= 11 is 2.89. The Labute approximate surface area is 81.9 Å². The number of hydrogen-bond donors (Lipinski definition) is 2. The second-order valence-electron chi connectivity index (χ2n) is 2.32. The van der Waals surface area contributed by atoms with Gasteiger partial charge in [-0.15, -0.1) is 0 Å². The largest absolute Gasteiger partial charge is 0.465 e. The Balaban J connectivity index is 3.08. The number of nitrogens with one attached hydrogen (secondary N) is 1. The number of rotatable bonds is 1. The molecule has 0 unspecified atom stereocenters. The zero-order valence-electron chi connectivity index (χ0n) is 6.64. The highest BCUT2D eigenvalue weighted by molar-refractivity contribution is 9.10. The molecule has 0 aliphatic rings. The molecule has 0 fully saturated rings.